The molecule has 21 heavy (non-hydrogen) atoms. The van der Waals surface area contributed by atoms with Crippen LogP contribution < -0.4 is 0 Å². The van der Waals surface area contributed by atoms with Gasteiger partial charge in [0.1, 0.15) is 11.6 Å². The van der Waals surface area contributed by atoms with E-state index in [-0.39, 0.29) is 18.0 Å². The molecule has 114 valence electrons. The number of carboxylic acids is 1. The van der Waals surface area contributed by atoms with E-state index >= 15 is 0 Å². The van der Waals surface area contributed by atoms with Gasteiger partial charge in [-0.15, -0.1) is 0 Å². The van der Waals surface area contributed by atoms with Gasteiger partial charge >= 0.3 is 5.97 Å². The third kappa shape index (κ3) is 3.20. The Morgan fingerprint density at radius 1 is 1.38 bits per heavy atom. The predicted octanol–water partition coefficient (Wildman–Crippen LogP) is 2.25. The molecule has 0 saturated heterocycles. The first-order valence-corrected chi connectivity index (χ1v) is 6.74. The van der Waals surface area contributed by atoms with Gasteiger partial charge in [0.05, 0.1) is 5.92 Å². The van der Waals surface area contributed by atoms with E-state index in [4.69, 9.17) is 5.11 Å². The Morgan fingerprint density at radius 3 is 2.48 bits per heavy atom. The zero-order valence-electron chi connectivity index (χ0n) is 11.8. The summed E-state index contributed by atoms with van der Waals surface area (Å²) in [5, 5.41) is 8.83. The number of halogens is 2. The van der Waals surface area contributed by atoms with Gasteiger partial charge < -0.3 is 10.0 Å². The highest BCUT2D eigenvalue weighted by molar-refractivity contribution is 5.83. The fourth-order valence-electron chi connectivity index (χ4n) is 2.51. The average Bonchev–Trinajstić information content (AvgIpc) is 3.17. The zero-order valence-corrected chi connectivity index (χ0v) is 11.8. The lowest BCUT2D eigenvalue weighted by atomic mass is 10.1. The summed E-state index contributed by atoms with van der Waals surface area (Å²) < 4.78 is 27.3. The smallest absolute Gasteiger partial charge is 0.308 e. The Kier molecular flexibility index (Phi) is 4.25. The van der Waals surface area contributed by atoms with Gasteiger partial charge in [-0.05, 0) is 18.6 Å². The monoisotopic (exact) mass is 297 g/mol. The second-order valence-corrected chi connectivity index (χ2v) is 5.54. The van der Waals surface area contributed by atoms with Gasteiger partial charge in [-0.1, -0.05) is 13.0 Å². The molecule has 1 aromatic carbocycles. The Labute approximate surface area is 121 Å². The summed E-state index contributed by atoms with van der Waals surface area (Å²) in [6.45, 7) is 1.59. The van der Waals surface area contributed by atoms with Gasteiger partial charge in [0.15, 0.2) is 0 Å². The molecule has 1 amide bonds. The molecule has 0 aliphatic heterocycles. The fourth-order valence-corrected chi connectivity index (χ4v) is 2.51. The van der Waals surface area contributed by atoms with E-state index in [9.17, 15) is 18.4 Å². The zero-order chi connectivity index (χ0) is 15.7. The maximum absolute atomic E-state index is 13.7. The van der Waals surface area contributed by atoms with Gasteiger partial charge in [-0.3, -0.25) is 9.59 Å². The minimum Gasteiger partial charge on any atom is -0.481 e. The minimum atomic E-state index is -0.984. The highest BCUT2D eigenvalue weighted by atomic mass is 19.1. The highest BCUT2D eigenvalue weighted by Crippen LogP contribution is 2.49. The lowest BCUT2D eigenvalue weighted by Gasteiger charge is -2.19. The summed E-state index contributed by atoms with van der Waals surface area (Å²) in [6, 6.07) is 3.64. The van der Waals surface area contributed by atoms with Crippen molar-refractivity contribution >= 4 is 11.9 Å². The first kappa shape index (κ1) is 15.4. The molecule has 6 heteroatoms. The van der Waals surface area contributed by atoms with Gasteiger partial charge in [0.2, 0.25) is 5.91 Å². The van der Waals surface area contributed by atoms with Crippen LogP contribution in [0.4, 0.5) is 8.78 Å². The third-order valence-electron chi connectivity index (χ3n) is 3.82. The number of carboxylic acid groups (broad SMARTS) is 1. The lowest BCUT2D eigenvalue weighted by molar-refractivity contribution is -0.142. The number of amides is 1. The van der Waals surface area contributed by atoms with Crippen LogP contribution in [-0.4, -0.2) is 35.5 Å². The quantitative estimate of drug-likeness (QED) is 0.907. The second-order valence-electron chi connectivity index (χ2n) is 5.54. The molecule has 0 radical (unpaired) electrons. The van der Waals surface area contributed by atoms with E-state index in [1.165, 1.54) is 37.1 Å². The number of hydrogen-bond donors (Lipinski definition) is 1. The van der Waals surface area contributed by atoms with E-state index in [1.54, 1.807) is 0 Å². The third-order valence-corrected chi connectivity index (χ3v) is 3.82. The summed E-state index contributed by atoms with van der Waals surface area (Å²) >= 11 is 0. The standard InChI is InChI=1S/C15H17F2NO3/c1-8(15(20)21)7-18(2)14(19)10-6-9(10)13-11(16)4-3-5-12(13)17/h3-5,8-10H,6-7H2,1-2H3,(H,20,21). The van der Waals surface area contributed by atoms with Crippen LogP contribution in [0.25, 0.3) is 0 Å². The Bertz CT molecular complexity index is 556. The molecule has 0 aromatic heterocycles. The number of hydrogen-bond acceptors (Lipinski definition) is 2. The number of carbonyl (C=O) groups excluding carboxylic acids is 1. The predicted molar refractivity (Wildman–Crippen MR) is 71.6 cm³/mol. The van der Waals surface area contributed by atoms with Crippen LogP contribution in [0.1, 0.15) is 24.8 Å². The molecule has 1 aromatic rings. The van der Waals surface area contributed by atoms with Crippen molar-refractivity contribution in [3.05, 3.63) is 35.4 Å². The summed E-state index contributed by atoms with van der Waals surface area (Å²) in [7, 11) is 1.51. The number of benzene rings is 1. The molecule has 3 atom stereocenters. The van der Waals surface area contributed by atoms with Gasteiger partial charge in [0, 0.05) is 31.0 Å². The molecule has 0 spiro atoms. The van der Waals surface area contributed by atoms with Crippen LogP contribution in [0.3, 0.4) is 0 Å². The van der Waals surface area contributed by atoms with Crippen LogP contribution in [0.15, 0.2) is 18.2 Å². The summed E-state index contributed by atoms with van der Waals surface area (Å²) in [4.78, 5) is 24.3. The maximum Gasteiger partial charge on any atom is 0.308 e. The van der Waals surface area contributed by atoms with E-state index < -0.39 is 35.4 Å². The molecular weight excluding hydrogens is 280 g/mol. The van der Waals surface area contributed by atoms with E-state index in [0.29, 0.717) is 6.42 Å². The number of carbonyl (C=O) groups is 2. The van der Waals surface area contributed by atoms with Gasteiger partial charge in [-0.25, -0.2) is 8.78 Å². The average molecular weight is 297 g/mol. The molecular formula is C15H17F2NO3. The summed E-state index contributed by atoms with van der Waals surface area (Å²) in [5.74, 6) is -4.14. The van der Waals surface area contributed by atoms with Crippen molar-refractivity contribution in [1.82, 2.24) is 4.90 Å². The molecule has 0 heterocycles. The van der Waals surface area contributed by atoms with Crippen molar-refractivity contribution in [3.8, 4) is 0 Å². The first-order chi connectivity index (χ1) is 9.82. The van der Waals surface area contributed by atoms with Crippen LogP contribution in [-0.2, 0) is 9.59 Å². The van der Waals surface area contributed by atoms with E-state index in [0.717, 1.165) is 0 Å². The SMILES string of the molecule is CC(CN(C)C(=O)C1CC1c1c(F)cccc1F)C(=O)O. The number of rotatable bonds is 5. The molecule has 0 bridgehead atoms. The highest BCUT2D eigenvalue weighted by Gasteiger charge is 2.47. The topological polar surface area (TPSA) is 57.6 Å². The van der Waals surface area contributed by atoms with Crippen molar-refractivity contribution in [2.45, 2.75) is 19.3 Å². The molecule has 1 saturated carbocycles. The van der Waals surface area contributed by atoms with Gasteiger partial charge in [-0.2, -0.15) is 0 Å². The van der Waals surface area contributed by atoms with E-state index in [1.807, 2.05) is 0 Å². The fraction of sp³-hybridized carbons (Fsp3) is 0.467. The van der Waals surface area contributed by atoms with E-state index in [2.05, 4.69) is 0 Å². The van der Waals surface area contributed by atoms with Crippen LogP contribution in [0.2, 0.25) is 0 Å². The molecule has 1 aliphatic carbocycles. The molecule has 1 aliphatic rings. The Hall–Kier alpha value is -1.98. The number of nitrogens with zero attached hydrogens (tertiary/aromatic N) is 1. The molecule has 1 fully saturated rings. The van der Waals surface area contributed by atoms with Crippen LogP contribution in [0.5, 0.6) is 0 Å². The molecule has 4 nitrogen and oxygen atoms in total. The van der Waals surface area contributed by atoms with Crippen molar-refractivity contribution in [3.63, 3.8) is 0 Å². The Morgan fingerprint density at radius 2 is 1.95 bits per heavy atom. The van der Waals surface area contributed by atoms with Crippen molar-refractivity contribution in [2.24, 2.45) is 11.8 Å². The van der Waals surface area contributed by atoms with Gasteiger partial charge in [0.25, 0.3) is 0 Å². The van der Waals surface area contributed by atoms with Crippen molar-refractivity contribution < 1.29 is 23.5 Å². The Balaban J connectivity index is 2.03. The molecule has 2 rings (SSSR count). The van der Waals surface area contributed by atoms with Crippen molar-refractivity contribution in [2.75, 3.05) is 13.6 Å². The largest absolute Gasteiger partial charge is 0.481 e. The lowest BCUT2D eigenvalue weighted by Crippen LogP contribution is -2.34. The normalized spacial score (nSPS) is 21.7. The summed E-state index contributed by atoms with van der Waals surface area (Å²) in [6.07, 6.45) is 0.391. The van der Waals surface area contributed by atoms with Crippen molar-refractivity contribution in [1.29, 1.82) is 0 Å². The minimum absolute atomic E-state index is 0.0458. The maximum atomic E-state index is 13.7. The second kappa shape index (κ2) is 5.79. The molecule has 3 unspecified atom stereocenters. The molecule has 1 N–H and O–H groups in total. The van der Waals surface area contributed by atoms with Crippen LogP contribution >= 0.6 is 0 Å². The first-order valence-electron chi connectivity index (χ1n) is 6.74. The summed E-state index contributed by atoms with van der Waals surface area (Å²) in [5.41, 5.74) is -0.0458. The number of aliphatic carboxylic acids is 1. The van der Waals surface area contributed by atoms with Crippen LogP contribution in [0, 0.1) is 23.5 Å².